The third-order valence-electron chi connectivity index (χ3n) is 4.71. The first-order valence-electron chi connectivity index (χ1n) is 5.89. The summed E-state index contributed by atoms with van der Waals surface area (Å²) in [4.78, 5) is 0. The molecule has 17 heavy (non-hydrogen) atoms. The Balaban J connectivity index is 2.27. The van der Waals surface area contributed by atoms with Crippen molar-refractivity contribution in [2.45, 2.75) is 44.2 Å². The van der Waals surface area contributed by atoms with Crippen molar-refractivity contribution in [3.8, 4) is 0 Å². The summed E-state index contributed by atoms with van der Waals surface area (Å²) in [6, 6.07) is 0. The molecule has 0 amide bonds. The first kappa shape index (κ1) is 11.1. The van der Waals surface area contributed by atoms with E-state index in [0.29, 0.717) is 11.5 Å². The van der Waals surface area contributed by atoms with Crippen LogP contribution in [-0.4, -0.2) is 9.78 Å². The zero-order valence-corrected chi connectivity index (χ0v) is 10.1. The fourth-order valence-electron chi connectivity index (χ4n) is 3.81. The van der Waals surface area contributed by atoms with E-state index in [9.17, 15) is 13.2 Å². The highest BCUT2D eigenvalue weighted by Crippen LogP contribution is 2.61. The molecule has 2 aliphatic rings. The van der Waals surface area contributed by atoms with Crippen LogP contribution in [0, 0.1) is 5.92 Å². The Morgan fingerprint density at radius 3 is 2.65 bits per heavy atom. The van der Waals surface area contributed by atoms with Crippen molar-refractivity contribution in [1.29, 1.82) is 0 Å². The minimum Gasteiger partial charge on any atom is -0.271 e. The lowest BCUT2D eigenvalue weighted by Gasteiger charge is -2.30. The molecule has 1 fully saturated rings. The SMILES string of the molecule is CC1CC2CC1(C)c1c(C(F)(F)F)nn(C)c12. The molecule has 0 radical (unpaired) electrons. The van der Waals surface area contributed by atoms with Crippen molar-refractivity contribution in [2.24, 2.45) is 13.0 Å². The van der Waals surface area contributed by atoms with Crippen molar-refractivity contribution in [3.05, 3.63) is 17.0 Å². The average Bonchev–Trinajstić information content (AvgIpc) is 2.74. The predicted octanol–water partition coefficient (Wildman–Crippen LogP) is 3.22. The highest BCUT2D eigenvalue weighted by Gasteiger charge is 2.57. The molecular weight excluding hydrogens is 229 g/mol. The number of aromatic nitrogens is 2. The number of rotatable bonds is 0. The van der Waals surface area contributed by atoms with E-state index < -0.39 is 11.9 Å². The summed E-state index contributed by atoms with van der Waals surface area (Å²) >= 11 is 0. The Morgan fingerprint density at radius 2 is 2.06 bits per heavy atom. The summed E-state index contributed by atoms with van der Waals surface area (Å²) in [7, 11) is 1.63. The second kappa shape index (κ2) is 2.87. The molecule has 0 N–H and O–H groups in total. The molecule has 2 nitrogen and oxygen atoms in total. The predicted molar refractivity (Wildman–Crippen MR) is 56.7 cm³/mol. The van der Waals surface area contributed by atoms with E-state index in [4.69, 9.17) is 0 Å². The molecule has 0 saturated heterocycles. The minimum atomic E-state index is -4.33. The van der Waals surface area contributed by atoms with Gasteiger partial charge < -0.3 is 0 Å². The molecule has 1 aromatic heterocycles. The Kier molecular flexibility index (Phi) is 1.88. The molecule has 1 heterocycles. The van der Waals surface area contributed by atoms with Gasteiger partial charge in [-0.2, -0.15) is 18.3 Å². The Morgan fingerprint density at radius 1 is 1.41 bits per heavy atom. The third kappa shape index (κ3) is 1.20. The third-order valence-corrected chi connectivity index (χ3v) is 4.71. The molecule has 0 aromatic carbocycles. The fraction of sp³-hybridized carbons (Fsp3) is 0.750. The molecule has 2 bridgehead atoms. The van der Waals surface area contributed by atoms with Crippen LogP contribution in [0.3, 0.4) is 0 Å². The van der Waals surface area contributed by atoms with Gasteiger partial charge in [0.15, 0.2) is 5.69 Å². The van der Waals surface area contributed by atoms with E-state index in [2.05, 4.69) is 12.0 Å². The van der Waals surface area contributed by atoms with Crippen LogP contribution < -0.4 is 0 Å². The maximum atomic E-state index is 13.0. The van der Waals surface area contributed by atoms with Crippen LogP contribution in [0.4, 0.5) is 13.2 Å². The zero-order valence-electron chi connectivity index (χ0n) is 10.1. The van der Waals surface area contributed by atoms with Gasteiger partial charge in [0.25, 0.3) is 0 Å². The number of alkyl halides is 3. The standard InChI is InChI=1S/C12H15F3N2/c1-6-4-7-5-11(6,2)8-9(7)17(3)16-10(8)12(13,14)15/h6-7H,4-5H2,1-3H3. The summed E-state index contributed by atoms with van der Waals surface area (Å²) in [6.07, 6.45) is -2.50. The van der Waals surface area contributed by atoms with Crippen molar-refractivity contribution in [1.82, 2.24) is 9.78 Å². The van der Waals surface area contributed by atoms with E-state index in [1.807, 2.05) is 6.92 Å². The van der Waals surface area contributed by atoms with Gasteiger partial charge in [-0.05, 0) is 24.2 Å². The largest absolute Gasteiger partial charge is 0.435 e. The Bertz CT molecular complexity index is 489. The molecular formula is C12H15F3N2. The second-order valence-electron chi connectivity index (χ2n) is 5.69. The maximum absolute atomic E-state index is 13.0. The topological polar surface area (TPSA) is 17.8 Å². The lowest BCUT2D eigenvalue weighted by molar-refractivity contribution is -0.142. The average molecular weight is 244 g/mol. The van der Waals surface area contributed by atoms with Gasteiger partial charge in [0, 0.05) is 24.2 Å². The molecule has 3 unspecified atom stereocenters. The number of nitrogens with zero attached hydrogens (tertiary/aromatic N) is 2. The van der Waals surface area contributed by atoms with Crippen LogP contribution in [0.5, 0.6) is 0 Å². The molecule has 94 valence electrons. The summed E-state index contributed by atoms with van der Waals surface area (Å²) < 4.78 is 40.5. The highest BCUT2D eigenvalue weighted by molar-refractivity contribution is 5.46. The summed E-state index contributed by atoms with van der Waals surface area (Å²) in [6.45, 7) is 4.01. The van der Waals surface area contributed by atoms with E-state index in [-0.39, 0.29) is 11.3 Å². The molecule has 1 saturated carbocycles. The van der Waals surface area contributed by atoms with Crippen molar-refractivity contribution in [2.75, 3.05) is 0 Å². The highest BCUT2D eigenvalue weighted by atomic mass is 19.4. The smallest absolute Gasteiger partial charge is 0.271 e. The fourth-order valence-corrected chi connectivity index (χ4v) is 3.81. The van der Waals surface area contributed by atoms with Crippen LogP contribution in [-0.2, 0) is 18.6 Å². The first-order chi connectivity index (χ1) is 7.75. The van der Waals surface area contributed by atoms with E-state index in [1.54, 1.807) is 7.05 Å². The summed E-state index contributed by atoms with van der Waals surface area (Å²) in [5.74, 6) is 0.573. The quantitative estimate of drug-likeness (QED) is 0.685. The molecule has 0 aliphatic heterocycles. The molecule has 0 spiro atoms. The van der Waals surface area contributed by atoms with E-state index in [0.717, 1.165) is 18.5 Å². The number of halogens is 3. The van der Waals surface area contributed by atoms with Gasteiger partial charge in [-0.15, -0.1) is 0 Å². The minimum absolute atomic E-state index is 0.263. The Hall–Kier alpha value is -1.00. The summed E-state index contributed by atoms with van der Waals surface area (Å²) in [5.41, 5.74) is 0.291. The van der Waals surface area contributed by atoms with Crippen LogP contribution in [0.15, 0.2) is 0 Å². The molecule has 3 rings (SSSR count). The van der Waals surface area contributed by atoms with Crippen LogP contribution in [0.25, 0.3) is 0 Å². The normalized spacial score (nSPS) is 35.4. The van der Waals surface area contributed by atoms with Crippen LogP contribution in [0.1, 0.15) is 49.6 Å². The van der Waals surface area contributed by atoms with Gasteiger partial charge in [0.1, 0.15) is 0 Å². The van der Waals surface area contributed by atoms with Gasteiger partial charge in [0.05, 0.1) is 0 Å². The lowest BCUT2D eigenvalue weighted by Crippen LogP contribution is -2.27. The van der Waals surface area contributed by atoms with Gasteiger partial charge in [0.2, 0.25) is 0 Å². The Labute approximate surface area is 97.8 Å². The number of aryl methyl sites for hydroxylation is 1. The molecule has 1 aromatic rings. The van der Waals surface area contributed by atoms with Crippen molar-refractivity contribution < 1.29 is 13.2 Å². The van der Waals surface area contributed by atoms with Gasteiger partial charge >= 0.3 is 6.18 Å². The lowest BCUT2D eigenvalue weighted by atomic mass is 9.74. The summed E-state index contributed by atoms with van der Waals surface area (Å²) in [5, 5.41) is 3.72. The van der Waals surface area contributed by atoms with Gasteiger partial charge in [-0.25, -0.2) is 0 Å². The van der Waals surface area contributed by atoms with Crippen LogP contribution >= 0.6 is 0 Å². The number of fused-ring (bicyclic) bond motifs is 5. The second-order valence-corrected chi connectivity index (χ2v) is 5.69. The number of hydrogen-bond donors (Lipinski definition) is 0. The van der Waals surface area contributed by atoms with E-state index in [1.165, 1.54) is 4.68 Å². The molecule has 5 heteroatoms. The van der Waals surface area contributed by atoms with Gasteiger partial charge in [-0.3, -0.25) is 4.68 Å². The zero-order chi connectivity index (χ0) is 12.6. The van der Waals surface area contributed by atoms with Crippen molar-refractivity contribution in [3.63, 3.8) is 0 Å². The number of hydrogen-bond acceptors (Lipinski definition) is 1. The van der Waals surface area contributed by atoms with Crippen molar-refractivity contribution >= 4 is 0 Å². The van der Waals surface area contributed by atoms with Crippen LogP contribution in [0.2, 0.25) is 0 Å². The van der Waals surface area contributed by atoms with E-state index >= 15 is 0 Å². The van der Waals surface area contributed by atoms with Gasteiger partial charge in [-0.1, -0.05) is 13.8 Å². The molecule has 3 atom stereocenters. The molecule has 2 aliphatic carbocycles. The maximum Gasteiger partial charge on any atom is 0.435 e. The monoisotopic (exact) mass is 244 g/mol. The first-order valence-corrected chi connectivity index (χ1v) is 5.89.